The smallest absolute Gasteiger partial charge is 0.261 e. The van der Waals surface area contributed by atoms with E-state index in [4.69, 9.17) is 24.1 Å². The number of nitrogen functional groups attached to an aromatic ring is 1. The number of rotatable bonds is 7. The summed E-state index contributed by atoms with van der Waals surface area (Å²) in [5, 5.41) is 3.03. The molecule has 228 valence electrons. The van der Waals surface area contributed by atoms with Crippen molar-refractivity contribution in [3.8, 4) is 11.3 Å². The van der Waals surface area contributed by atoms with Gasteiger partial charge in [-0.1, -0.05) is 81.4 Å². The SMILES string of the molecule is CC1(C)O[C@@H]2[C@H](O1)[C@@H](CO[Si](c1ccccc1)(c1ccccc1)C(C)(C)C)S[C@H]2n1cc(-c2ccco2)c2c(N)ncnc21. The summed E-state index contributed by atoms with van der Waals surface area (Å²) in [6.45, 7) is 11.4. The number of anilines is 1. The number of hydrogen-bond acceptors (Lipinski definition) is 8. The Hall–Kier alpha value is -3.41. The zero-order valence-corrected chi connectivity index (χ0v) is 27.5. The molecule has 10 heteroatoms. The molecule has 0 saturated carbocycles. The molecule has 0 radical (unpaired) electrons. The highest BCUT2D eigenvalue weighted by Gasteiger charge is 2.57. The van der Waals surface area contributed by atoms with Crippen LogP contribution in [0.2, 0.25) is 5.04 Å². The molecule has 2 aliphatic heterocycles. The summed E-state index contributed by atoms with van der Waals surface area (Å²) in [4.78, 5) is 8.98. The van der Waals surface area contributed by atoms with Crippen molar-refractivity contribution in [1.29, 1.82) is 0 Å². The molecule has 2 saturated heterocycles. The van der Waals surface area contributed by atoms with Crippen LogP contribution in [0, 0.1) is 0 Å². The minimum absolute atomic E-state index is 0.0112. The highest BCUT2D eigenvalue weighted by molar-refractivity contribution is 8.00. The lowest BCUT2D eigenvalue weighted by Crippen LogP contribution is -2.67. The summed E-state index contributed by atoms with van der Waals surface area (Å²) in [5.74, 6) is 0.394. The van der Waals surface area contributed by atoms with Crippen molar-refractivity contribution in [2.75, 3.05) is 12.3 Å². The van der Waals surface area contributed by atoms with Crippen LogP contribution in [0.3, 0.4) is 0 Å². The van der Waals surface area contributed by atoms with Crippen molar-refractivity contribution in [1.82, 2.24) is 14.5 Å². The normalized spacial score (nSPS) is 23.3. The maximum atomic E-state index is 7.39. The van der Waals surface area contributed by atoms with E-state index in [2.05, 4.69) is 102 Å². The van der Waals surface area contributed by atoms with Crippen LogP contribution < -0.4 is 16.1 Å². The number of thioether (sulfide) groups is 1. The number of hydrogen-bond donors (Lipinski definition) is 1. The fourth-order valence-electron chi connectivity index (χ4n) is 6.91. The molecule has 5 aromatic rings. The number of fused-ring (bicyclic) bond motifs is 2. The Bertz CT molecular complexity index is 1720. The maximum absolute atomic E-state index is 7.39. The average Bonchev–Trinajstić information content (AvgIpc) is 3.78. The van der Waals surface area contributed by atoms with Crippen LogP contribution in [0.4, 0.5) is 5.82 Å². The van der Waals surface area contributed by atoms with Gasteiger partial charge in [-0.15, -0.1) is 11.8 Å². The summed E-state index contributed by atoms with van der Waals surface area (Å²) >= 11 is 1.81. The Morgan fingerprint density at radius 3 is 2.20 bits per heavy atom. The van der Waals surface area contributed by atoms with Gasteiger partial charge in [0.05, 0.1) is 16.9 Å². The largest absolute Gasteiger partial charge is 0.464 e. The first-order valence-electron chi connectivity index (χ1n) is 15.0. The molecule has 44 heavy (non-hydrogen) atoms. The van der Waals surface area contributed by atoms with Crippen LogP contribution in [0.15, 0.2) is 96.0 Å². The molecule has 2 N–H and O–H groups in total. The van der Waals surface area contributed by atoms with Crippen molar-refractivity contribution in [3.63, 3.8) is 0 Å². The van der Waals surface area contributed by atoms with Crippen LogP contribution in [-0.2, 0) is 13.9 Å². The molecule has 0 spiro atoms. The summed E-state index contributed by atoms with van der Waals surface area (Å²) in [5.41, 5.74) is 8.01. The zero-order chi connectivity index (χ0) is 30.7. The molecule has 8 nitrogen and oxygen atoms in total. The third-order valence-corrected chi connectivity index (χ3v) is 15.2. The van der Waals surface area contributed by atoms with Crippen LogP contribution in [0.5, 0.6) is 0 Å². The molecule has 0 unspecified atom stereocenters. The van der Waals surface area contributed by atoms with E-state index < -0.39 is 14.1 Å². The van der Waals surface area contributed by atoms with E-state index in [1.54, 1.807) is 6.26 Å². The molecule has 2 fully saturated rings. The molecule has 2 aliphatic rings. The van der Waals surface area contributed by atoms with Gasteiger partial charge >= 0.3 is 0 Å². The van der Waals surface area contributed by atoms with Gasteiger partial charge in [0, 0.05) is 18.4 Å². The van der Waals surface area contributed by atoms with Crippen molar-refractivity contribution < 1.29 is 18.3 Å². The van der Waals surface area contributed by atoms with Crippen LogP contribution in [0.25, 0.3) is 22.4 Å². The molecule has 2 aromatic carbocycles. The molecule has 0 aliphatic carbocycles. The molecule has 5 heterocycles. The first-order valence-corrected chi connectivity index (χ1v) is 17.9. The Balaban J connectivity index is 1.29. The van der Waals surface area contributed by atoms with Gasteiger partial charge in [-0.25, -0.2) is 9.97 Å². The fourth-order valence-corrected chi connectivity index (χ4v) is 13.1. The fraction of sp³-hybridized carbons (Fsp3) is 0.353. The Labute approximate surface area is 263 Å². The van der Waals surface area contributed by atoms with Gasteiger partial charge in [-0.2, -0.15) is 0 Å². The molecular weight excluding hydrogens is 589 g/mol. The van der Waals surface area contributed by atoms with Gasteiger partial charge in [0.1, 0.15) is 41.1 Å². The van der Waals surface area contributed by atoms with E-state index >= 15 is 0 Å². The highest BCUT2D eigenvalue weighted by atomic mass is 32.2. The number of benzene rings is 2. The van der Waals surface area contributed by atoms with Gasteiger partial charge in [0.2, 0.25) is 0 Å². The topological polar surface area (TPSA) is 97.6 Å². The predicted molar refractivity (Wildman–Crippen MR) is 177 cm³/mol. The van der Waals surface area contributed by atoms with Crippen molar-refractivity contribution >= 4 is 47.3 Å². The van der Waals surface area contributed by atoms with E-state index in [-0.39, 0.29) is 27.9 Å². The molecule has 7 rings (SSSR count). The maximum Gasteiger partial charge on any atom is 0.261 e. The van der Waals surface area contributed by atoms with E-state index in [0.29, 0.717) is 18.2 Å². The van der Waals surface area contributed by atoms with Crippen LogP contribution >= 0.6 is 11.8 Å². The number of aromatic nitrogens is 3. The second-order valence-corrected chi connectivity index (χ2v) is 18.7. The minimum Gasteiger partial charge on any atom is -0.464 e. The highest BCUT2D eigenvalue weighted by Crippen LogP contribution is 2.53. The first-order chi connectivity index (χ1) is 21.1. The predicted octanol–water partition coefficient (Wildman–Crippen LogP) is 5.98. The summed E-state index contributed by atoms with van der Waals surface area (Å²) in [6, 6.07) is 25.3. The van der Waals surface area contributed by atoms with E-state index in [9.17, 15) is 0 Å². The van der Waals surface area contributed by atoms with Crippen LogP contribution in [-0.4, -0.2) is 52.7 Å². The van der Waals surface area contributed by atoms with E-state index in [1.165, 1.54) is 16.7 Å². The third-order valence-electron chi connectivity index (χ3n) is 8.71. The quantitative estimate of drug-likeness (QED) is 0.220. The third kappa shape index (κ3) is 4.80. The lowest BCUT2D eigenvalue weighted by molar-refractivity contribution is -0.149. The first kappa shape index (κ1) is 29.3. The van der Waals surface area contributed by atoms with Gasteiger partial charge in [-0.05, 0) is 41.4 Å². The lowest BCUT2D eigenvalue weighted by Gasteiger charge is -2.43. The van der Waals surface area contributed by atoms with E-state index in [1.807, 2.05) is 37.7 Å². The monoisotopic (exact) mass is 626 g/mol. The molecule has 4 atom stereocenters. The lowest BCUT2D eigenvalue weighted by atomic mass is 10.1. The minimum atomic E-state index is -2.75. The van der Waals surface area contributed by atoms with Gasteiger partial charge in [0.15, 0.2) is 5.79 Å². The Morgan fingerprint density at radius 1 is 0.932 bits per heavy atom. The van der Waals surface area contributed by atoms with Crippen LogP contribution in [0.1, 0.15) is 40.0 Å². The standard InChI is InChI=1S/C34H38N4O4SSi/c1-33(2,3)44(22-13-8-6-9-14-22,23-15-10-7-11-16-23)40-20-26-28-29(42-34(4,5)41-28)32(43-26)38-19-24(25-17-12-18-39-25)27-30(35)36-21-37-31(27)38/h6-19,21,26,28-29,32H,20H2,1-5H3,(H2,35,36,37)/t26-,28-,29-,32-/m1/s1. The zero-order valence-electron chi connectivity index (χ0n) is 25.6. The average molecular weight is 627 g/mol. The number of nitrogens with zero attached hydrogens (tertiary/aromatic N) is 3. The van der Waals surface area contributed by atoms with Crippen molar-refractivity contribution in [2.24, 2.45) is 0 Å². The van der Waals surface area contributed by atoms with Gasteiger partial charge in [0.25, 0.3) is 8.32 Å². The second kappa shape index (κ2) is 10.9. The Kier molecular flexibility index (Phi) is 7.25. The second-order valence-electron chi connectivity index (χ2n) is 13.0. The molecular formula is C34H38N4O4SSi. The summed E-state index contributed by atoms with van der Waals surface area (Å²) < 4.78 is 28.6. The number of nitrogens with two attached hydrogens (primary N) is 1. The summed E-state index contributed by atoms with van der Waals surface area (Å²) in [6.07, 6.45) is 4.83. The summed E-state index contributed by atoms with van der Waals surface area (Å²) in [7, 11) is -2.75. The molecule has 0 amide bonds. The van der Waals surface area contributed by atoms with E-state index in [0.717, 1.165) is 16.6 Å². The van der Waals surface area contributed by atoms with Gasteiger partial charge in [-0.3, -0.25) is 0 Å². The number of ether oxygens (including phenoxy) is 2. The Morgan fingerprint density at radius 2 is 1.59 bits per heavy atom. The molecule has 3 aromatic heterocycles. The van der Waals surface area contributed by atoms with Crippen molar-refractivity contribution in [3.05, 3.63) is 91.6 Å². The number of furan rings is 1. The van der Waals surface area contributed by atoms with Crippen molar-refractivity contribution in [2.45, 2.75) is 68.3 Å². The van der Waals surface area contributed by atoms with Gasteiger partial charge < -0.3 is 28.6 Å². The molecule has 0 bridgehead atoms.